The van der Waals surface area contributed by atoms with Gasteiger partial charge < -0.3 is 10.1 Å². The Morgan fingerprint density at radius 3 is 2.60 bits per heavy atom. The number of hydrogen-bond acceptors (Lipinski definition) is 2. The first-order valence-electron chi connectivity index (χ1n) is 9.31. The van der Waals surface area contributed by atoms with E-state index < -0.39 is 6.10 Å². The van der Waals surface area contributed by atoms with Gasteiger partial charge in [0.1, 0.15) is 5.75 Å². The van der Waals surface area contributed by atoms with Gasteiger partial charge in [0, 0.05) is 0 Å². The second-order valence-electron chi connectivity index (χ2n) is 6.74. The van der Waals surface area contributed by atoms with E-state index in [0.29, 0.717) is 0 Å². The summed E-state index contributed by atoms with van der Waals surface area (Å²) in [6.45, 7) is 3.91. The zero-order valence-corrected chi connectivity index (χ0v) is 15.1. The van der Waals surface area contributed by atoms with Crippen LogP contribution in [-0.2, 0) is 17.6 Å². The van der Waals surface area contributed by atoms with Gasteiger partial charge in [0.05, 0.1) is 6.04 Å². The molecular weight excluding hydrogens is 310 g/mol. The zero-order chi connectivity index (χ0) is 17.6. The number of carbonyl (C=O) groups excluding carboxylic acids is 1. The molecule has 0 saturated heterocycles. The highest BCUT2D eigenvalue weighted by Gasteiger charge is 2.21. The van der Waals surface area contributed by atoms with Crippen molar-refractivity contribution >= 4 is 5.91 Å². The summed E-state index contributed by atoms with van der Waals surface area (Å²) in [5.74, 6) is 0.803. The van der Waals surface area contributed by atoms with Crippen molar-refractivity contribution in [1.82, 2.24) is 5.32 Å². The minimum Gasteiger partial charge on any atom is -0.481 e. The monoisotopic (exact) mass is 337 g/mol. The van der Waals surface area contributed by atoms with Gasteiger partial charge in [-0.2, -0.15) is 0 Å². The van der Waals surface area contributed by atoms with Crippen LogP contribution in [0.25, 0.3) is 0 Å². The molecule has 0 fully saturated rings. The molecule has 2 aromatic carbocycles. The molecule has 1 N–H and O–H groups in total. The summed E-state index contributed by atoms with van der Waals surface area (Å²) in [7, 11) is 0. The largest absolute Gasteiger partial charge is 0.481 e. The Bertz CT molecular complexity index is 711. The van der Waals surface area contributed by atoms with Crippen LogP contribution in [0.3, 0.4) is 0 Å². The van der Waals surface area contributed by atoms with Crippen molar-refractivity contribution in [2.45, 2.75) is 58.1 Å². The van der Waals surface area contributed by atoms with E-state index in [1.54, 1.807) is 0 Å². The summed E-state index contributed by atoms with van der Waals surface area (Å²) in [5.41, 5.74) is 3.78. The Kier molecular flexibility index (Phi) is 5.75. The molecular formula is C22H27NO2. The lowest BCUT2D eigenvalue weighted by atomic mass is 9.91. The fourth-order valence-electron chi connectivity index (χ4n) is 3.50. The maximum atomic E-state index is 12.6. The molecule has 0 radical (unpaired) electrons. The molecule has 1 amide bonds. The maximum absolute atomic E-state index is 12.6. The van der Waals surface area contributed by atoms with Crippen LogP contribution in [0.5, 0.6) is 5.75 Å². The van der Waals surface area contributed by atoms with Gasteiger partial charge in [0.15, 0.2) is 6.10 Å². The quantitative estimate of drug-likeness (QED) is 0.836. The summed E-state index contributed by atoms with van der Waals surface area (Å²) in [5, 5.41) is 3.12. The lowest BCUT2D eigenvalue weighted by Crippen LogP contribution is -2.38. The van der Waals surface area contributed by atoms with Crippen molar-refractivity contribution in [1.29, 1.82) is 0 Å². The molecule has 0 saturated carbocycles. The highest BCUT2D eigenvalue weighted by Crippen LogP contribution is 2.30. The second kappa shape index (κ2) is 8.19. The third kappa shape index (κ3) is 4.22. The highest BCUT2D eigenvalue weighted by molar-refractivity contribution is 5.81. The Labute approximate surface area is 150 Å². The molecule has 3 nitrogen and oxygen atoms in total. The first kappa shape index (κ1) is 17.5. The number of benzene rings is 2. The minimum absolute atomic E-state index is 0.0180. The fraction of sp³-hybridized carbons (Fsp3) is 0.409. The molecule has 0 heterocycles. The SMILES string of the molecule is CC[C@H](NC(=O)[C@H](C)Oc1cccc2c1CCCC2)c1ccccc1. The molecule has 0 aromatic heterocycles. The van der Waals surface area contributed by atoms with E-state index in [0.717, 1.165) is 30.6 Å². The molecule has 25 heavy (non-hydrogen) atoms. The number of amides is 1. The van der Waals surface area contributed by atoms with Crippen LogP contribution in [0.2, 0.25) is 0 Å². The molecule has 0 aliphatic heterocycles. The van der Waals surface area contributed by atoms with Crippen molar-refractivity contribution < 1.29 is 9.53 Å². The third-order valence-electron chi connectivity index (χ3n) is 4.95. The third-order valence-corrected chi connectivity index (χ3v) is 4.95. The van der Waals surface area contributed by atoms with Crippen LogP contribution in [-0.4, -0.2) is 12.0 Å². The van der Waals surface area contributed by atoms with Gasteiger partial charge in [-0.15, -0.1) is 0 Å². The van der Waals surface area contributed by atoms with Crippen LogP contribution in [0.15, 0.2) is 48.5 Å². The highest BCUT2D eigenvalue weighted by atomic mass is 16.5. The lowest BCUT2D eigenvalue weighted by Gasteiger charge is -2.24. The summed E-state index contributed by atoms with van der Waals surface area (Å²) >= 11 is 0. The van der Waals surface area contributed by atoms with E-state index >= 15 is 0 Å². The van der Waals surface area contributed by atoms with Gasteiger partial charge in [0.25, 0.3) is 5.91 Å². The Morgan fingerprint density at radius 1 is 1.08 bits per heavy atom. The first-order valence-corrected chi connectivity index (χ1v) is 9.31. The minimum atomic E-state index is -0.508. The summed E-state index contributed by atoms with van der Waals surface area (Å²) < 4.78 is 6.04. The van der Waals surface area contributed by atoms with Crippen molar-refractivity contribution in [2.75, 3.05) is 0 Å². The molecule has 0 spiro atoms. The number of hydrogen-bond donors (Lipinski definition) is 1. The van der Waals surface area contributed by atoms with Crippen LogP contribution >= 0.6 is 0 Å². The molecule has 0 bridgehead atoms. The molecule has 1 aliphatic carbocycles. The number of ether oxygens (including phenoxy) is 1. The van der Waals surface area contributed by atoms with E-state index in [1.165, 1.54) is 24.0 Å². The normalized spacial score (nSPS) is 15.8. The number of nitrogens with one attached hydrogen (secondary N) is 1. The maximum Gasteiger partial charge on any atom is 0.261 e. The summed E-state index contributed by atoms with van der Waals surface area (Å²) in [4.78, 5) is 12.6. The van der Waals surface area contributed by atoms with E-state index in [1.807, 2.05) is 49.4 Å². The topological polar surface area (TPSA) is 38.3 Å². The zero-order valence-electron chi connectivity index (χ0n) is 15.1. The molecule has 1 aliphatic rings. The standard InChI is InChI=1S/C22H27NO2/c1-3-20(18-11-5-4-6-12-18)23-22(24)16(2)25-21-15-9-13-17-10-7-8-14-19(17)21/h4-6,9,11-13,15-16,20H,3,7-8,10,14H2,1-2H3,(H,23,24)/t16-,20-/m0/s1. The smallest absolute Gasteiger partial charge is 0.261 e. The average molecular weight is 337 g/mol. The second-order valence-corrected chi connectivity index (χ2v) is 6.74. The predicted molar refractivity (Wildman–Crippen MR) is 101 cm³/mol. The number of rotatable bonds is 6. The van der Waals surface area contributed by atoms with Crippen molar-refractivity contribution in [3.05, 3.63) is 65.2 Å². The average Bonchev–Trinajstić information content (AvgIpc) is 2.67. The van der Waals surface area contributed by atoms with E-state index in [2.05, 4.69) is 18.3 Å². The van der Waals surface area contributed by atoms with Gasteiger partial charge in [-0.25, -0.2) is 0 Å². The number of aryl methyl sites for hydroxylation is 1. The van der Waals surface area contributed by atoms with Gasteiger partial charge >= 0.3 is 0 Å². The van der Waals surface area contributed by atoms with Gasteiger partial charge in [-0.3, -0.25) is 4.79 Å². The van der Waals surface area contributed by atoms with Crippen molar-refractivity contribution in [2.24, 2.45) is 0 Å². The van der Waals surface area contributed by atoms with Crippen LogP contribution in [0.4, 0.5) is 0 Å². The van der Waals surface area contributed by atoms with Crippen LogP contribution in [0.1, 0.15) is 55.8 Å². The van der Waals surface area contributed by atoms with Crippen LogP contribution < -0.4 is 10.1 Å². The van der Waals surface area contributed by atoms with E-state index in [4.69, 9.17) is 4.74 Å². The Morgan fingerprint density at radius 2 is 1.84 bits per heavy atom. The summed E-state index contributed by atoms with van der Waals surface area (Å²) in [6.07, 6.45) is 4.93. The molecule has 132 valence electrons. The molecule has 0 unspecified atom stereocenters. The fourth-order valence-corrected chi connectivity index (χ4v) is 3.50. The van der Waals surface area contributed by atoms with Crippen molar-refractivity contribution in [3.8, 4) is 5.75 Å². The Hall–Kier alpha value is -2.29. The molecule has 2 atom stereocenters. The molecule has 3 heteroatoms. The van der Waals surface area contributed by atoms with E-state index in [9.17, 15) is 4.79 Å². The first-order chi connectivity index (χ1) is 12.2. The van der Waals surface area contributed by atoms with Gasteiger partial charge in [-0.05, 0) is 61.8 Å². The van der Waals surface area contributed by atoms with Gasteiger partial charge in [-0.1, -0.05) is 49.4 Å². The van der Waals surface area contributed by atoms with E-state index in [-0.39, 0.29) is 11.9 Å². The number of fused-ring (bicyclic) bond motifs is 1. The van der Waals surface area contributed by atoms with Gasteiger partial charge in [0.2, 0.25) is 0 Å². The summed E-state index contributed by atoms with van der Waals surface area (Å²) in [6, 6.07) is 16.3. The molecule has 3 rings (SSSR count). The number of carbonyl (C=O) groups is 1. The Balaban J connectivity index is 1.67. The molecule has 2 aromatic rings. The lowest BCUT2D eigenvalue weighted by molar-refractivity contribution is -0.128. The van der Waals surface area contributed by atoms with Crippen LogP contribution in [0, 0.1) is 0 Å². The predicted octanol–water partition coefficient (Wildman–Crippen LogP) is 4.60. The van der Waals surface area contributed by atoms with Crippen molar-refractivity contribution in [3.63, 3.8) is 0 Å².